The highest BCUT2D eigenvalue weighted by molar-refractivity contribution is 7.86. The molecule has 0 unspecified atom stereocenters. The minimum absolute atomic E-state index is 0.693. The maximum atomic E-state index is 13.2. The van der Waals surface area contributed by atoms with Crippen molar-refractivity contribution in [2.75, 3.05) is 0 Å². The molecule has 0 amide bonds. The van der Waals surface area contributed by atoms with Gasteiger partial charge in [0.25, 0.3) is 0 Å². The lowest BCUT2D eigenvalue weighted by Gasteiger charge is -2.32. The van der Waals surface area contributed by atoms with Crippen molar-refractivity contribution in [1.82, 2.24) is 0 Å². The van der Waals surface area contributed by atoms with Crippen LogP contribution in [0.2, 0.25) is 0 Å². The molecule has 24 heavy (non-hydrogen) atoms. The molecule has 0 aliphatic carbocycles. The molecule has 0 heterocycles. The monoisotopic (exact) mass is 389 g/mol. The highest BCUT2D eigenvalue weighted by Crippen LogP contribution is 2.47. The van der Waals surface area contributed by atoms with Crippen molar-refractivity contribution < 1.29 is 57.6 Å². The summed E-state index contributed by atoms with van der Waals surface area (Å²) in [5.74, 6) is -0.975. The molecule has 0 bridgehead atoms. The van der Waals surface area contributed by atoms with Crippen LogP contribution >= 0.6 is 0 Å². The van der Waals surface area contributed by atoms with Gasteiger partial charge in [0, 0.05) is 0 Å². The van der Waals surface area contributed by atoms with Crippen LogP contribution in [-0.2, 0) is 14.9 Å². The summed E-state index contributed by atoms with van der Waals surface area (Å²) in [4.78, 5) is 0. The summed E-state index contributed by atoms with van der Waals surface area (Å²) in [5.41, 5.74) is 0. The molecule has 0 saturated carbocycles. The topological polar surface area (TPSA) is 75.7 Å². The largest absolute Gasteiger partial charge is 0.743 e. The van der Waals surface area contributed by atoms with E-state index in [2.05, 4.69) is 4.74 Å². The van der Waals surface area contributed by atoms with Crippen molar-refractivity contribution >= 4 is 10.1 Å². The van der Waals surface area contributed by atoms with E-state index in [4.69, 9.17) is 0 Å². The molecule has 1 aromatic rings. The summed E-state index contributed by atoms with van der Waals surface area (Å²) in [5, 5.41) is -6.74. The Bertz CT molecular complexity index is 676. The Labute approximate surface area is 128 Å². The van der Waals surface area contributed by atoms with E-state index < -0.39 is 39.4 Å². The molecule has 0 fully saturated rings. The average Bonchev–Trinajstić information content (AvgIpc) is 2.36. The van der Waals surface area contributed by atoms with Gasteiger partial charge in [0.1, 0.15) is 5.75 Å². The maximum Gasteiger partial charge on any atom is 0.494 e. The van der Waals surface area contributed by atoms with Gasteiger partial charge in [0.05, 0.1) is 0 Å². The molecular formula is C10H5F8O5S-. The second kappa shape index (κ2) is 6.00. The molecule has 0 N–H and O–H groups in total. The van der Waals surface area contributed by atoms with Gasteiger partial charge in [0.2, 0.25) is 0 Å². The summed E-state index contributed by atoms with van der Waals surface area (Å²) in [6.07, 6.45) is -19.1. The van der Waals surface area contributed by atoms with E-state index in [0.717, 1.165) is 12.1 Å². The van der Waals surface area contributed by atoms with Crippen molar-refractivity contribution in [3.63, 3.8) is 0 Å². The fourth-order valence-electron chi connectivity index (χ4n) is 1.12. The zero-order valence-corrected chi connectivity index (χ0v) is 11.7. The smallest absolute Gasteiger partial charge is 0.494 e. The average molecular weight is 389 g/mol. The second-order valence-corrected chi connectivity index (χ2v) is 5.46. The summed E-state index contributed by atoms with van der Waals surface area (Å²) in [7, 11) is -7.21. The zero-order valence-electron chi connectivity index (χ0n) is 10.9. The first kappa shape index (κ1) is 20.4. The molecule has 0 aliphatic heterocycles. The number of halogens is 8. The van der Waals surface area contributed by atoms with E-state index >= 15 is 0 Å². The van der Waals surface area contributed by atoms with Gasteiger partial charge >= 0.3 is 23.6 Å². The number of rotatable bonds is 7. The molecule has 0 spiro atoms. The van der Waals surface area contributed by atoms with Gasteiger partial charge in [-0.3, -0.25) is 0 Å². The quantitative estimate of drug-likeness (QED) is 0.530. The van der Waals surface area contributed by atoms with Crippen molar-refractivity contribution in [2.45, 2.75) is 23.6 Å². The number of ether oxygens (including phenoxy) is 2. The van der Waals surface area contributed by atoms with E-state index in [9.17, 15) is 48.1 Å². The lowest BCUT2D eigenvalue weighted by atomic mass is 10.3. The Morgan fingerprint density at radius 3 is 1.67 bits per heavy atom. The maximum absolute atomic E-state index is 13.2. The highest BCUT2D eigenvalue weighted by Gasteiger charge is 2.73. The number of benzene rings is 1. The van der Waals surface area contributed by atoms with Crippen LogP contribution in [0.15, 0.2) is 30.3 Å². The lowest BCUT2D eigenvalue weighted by molar-refractivity contribution is -0.484. The number of hydrogen-bond acceptors (Lipinski definition) is 5. The van der Waals surface area contributed by atoms with E-state index in [1.807, 2.05) is 4.74 Å². The molecule has 5 nitrogen and oxygen atoms in total. The summed E-state index contributed by atoms with van der Waals surface area (Å²) in [6.45, 7) is 0. The number of alkyl halides is 8. The van der Waals surface area contributed by atoms with Crippen LogP contribution in [0.25, 0.3) is 0 Å². The normalized spacial score (nSPS) is 14.5. The Morgan fingerprint density at radius 1 is 0.792 bits per heavy atom. The third-order valence-corrected chi connectivity index (χ3v) is 3.10. The molecular weight excluding hydrogens is 384 g/mol. The highest BCUT2D eigenvalue weighted by atomic mass is 32.2. The summed E-state index contributed by atoms with van der Waals surface area (Å²) < 4.78 is 139. The Hall–Kier alpha value is -1.67. The molecule has 1 aromatic carbocycles. The van der Waals surface area contributed by atoms with Gasteiger partial charge in [-0.15, -0.1) is 0 Å². The predicted molar refractivity (Wildman–Crippen MR) is 57.6 cm³/mol. The number of hydrogen-bond donors (Lipinski definition) is 0. The molecule has 0 aliphatic rings. The fourth-order valence-corrected chi connectivity index (χ4v) is 1.45. The van der Waals surface area contributed by atoms with Gasteiger partial charge in [0.15, 0.2) is 10.1 Å². The molecule has 138 valence electrons. The lowest BCUT2D eigenvalue weighted by Crippen LogP contribution is -2.57. The first-order valence-corrected chi connectivity index (χ1v) is 6.85. The van der Waals surface area contributed by atoms with Crippen LogP contribution in [-0.4, -0.2) is 36.6 Å². The molecule has 0 atom stereocenters. The Morgan fingerprint density at radius 2 is 1.25 bits per heavy atom. The van der Waals surface area contributed by atoms with Crippen LogP contribution < -0.4 is 4.74 Å². The molecule has 1 rings (SSSR count). The minimum atomic E-state index is -7.21. The zero-order chi connectivity index (χ0) is 19.0. The third-order valence-electron chi connectivity index (χ3n) is 2.24. The van der Waals surface area contributed by atoms with Crippen molar-refractivity contribution in [2.24, 2.45) is 0 Å². The molecule has 14 heteroatoms. The standard InChI is InChI=1S/C10H6F8O5S/c11-7(12,22-6-4-2-1-3-5-6)8(13,14)23-9(15,16)10(17,18)24(19,20)21/h1-5H,(H,19,20,21)/p-1. The van der Waals surface area contributed by atoms with Crippen molar-refractivity contribution in [3.05, 3.63) is 30.3 Å². The van der Waals surface area contributed by atoms with Crippen LogP contribution in [0.3, 0.4) is 0 Å². The van der Waals surface area contributed by atoms with E-state index in [-0.39, 0.29) is 0 Å². The molecule has 0 radical (unpaired) electrons. The van der Waals surface area contributed by atoms with E-state index in [1.54, 1.807) is 0 Å². The van der Waals surface area contributed by atoms with E-state index in [0.29, 0.717) is 12.1 Å². The van der Waals surface area contributed by atoms with Crippen LogP contribution in [0, 0.1) is 0 Å². The van der Waals surface area contributed by atoms with E-state index in [1.165, 1.54) is 6.07 Å². The second-order valence-electron chi connectivity index (χ2n) is 4.04. The van der Waals surface area contributed by atoms with Gasteiger partial charge < -0.3 is 9.29 Å². The summed E-state index contributed by atoms with van der Waals surface area (Å²) in [6, 6.07) is 4.68. The minimum Gasteiger partial charge on any atom is -0.743 e. The first-order valence-electron chi connectivity index (χ1n) is 5.44. The predicted octanol–water partition coefficient (Wildman–Crippen LogP) is 3.00. The summed E-state index contributed by atoms with van der Waals surface area (Å²) >= 11 is 0. The van der Waals surface area contributed by atoms with Gasteiger partial charge in [-0.2, -0.15) is 35.1 Å². The third kappa shape index (κ3) is 3.87. The Kier molecular flexibility index (Phi) is 5.09. The van der Waals surface area contributed by atoms with Gasteiger partial charge in [-0.05, 0) is 12.1 Å². The Balaban J connectivity index is 3.10. The van der Waals surface area contributed by atoms with Gasteiger partial charge in [-0.1, -0.05) is 18.2 Å². The molecule has 0 saturated heterocycles. The van der Waals surface area contributed by atoms with Crippen molar-refractivity contribution in [3.8, 4) is 5.75 Å². The molecule has 0 aromatic heterocycles. The number of para-hydroxylation sites is 1. The first-order chi connectivity index (χ1) is 10.5. The van der Waals surface area contributed by atoms with Gasteiger partial charge in [-0.25, -0.2) is 13.2 Å². The van der Waals surface area contributed by atoms with Crippen LogP contribution in [0.1, 0.15) is 0 Å². The van der Waals surface area contributed by atoms with Crippen LogP contribution in [0.4, 0.5) is 35.1 Å². The SMILES string of the molecule is O=S(=O)([O-])C(F)(F)C(F)(F)OC(F)(F)C(F)(F)Oc1ccccc1. The van der Waals surface area contributed by atoms with Crippen molar-refractivity contribution in [1.29, 1.82) is 0 Å². The van der Waals surface area contributed by atoms with Crippen LogP contribution in [0.5, 0.6) is 5.75 Å². The fraction of sp³-hybridized carbons (Fsp3) is 0.400.